The molecule has 0 bridgehead atoms. The minimum absolute atomic E-state index is 0.151. The van der Waals surface area contributed by atoms with Crippen molar-refractivity contribution in [2.24, 2.45) is 17.0 Å². The Morgan fingerprint density at radius 3 is 2.46 bits per heavy atom. The SMILES string of the molecule is Cc1cc(C(F)(F)F)nn1CC(=O)N1CC2CN(c3nc(C4=NOC(c5c(F)cccc5F)C4)cs3)CC2C1. The highest BCUT2D eigenvalue weighted by Crippen LogP contribution is 2.37. The van der Waals surface area contributed by atoms with Gasteiger partial charge in [0.1, 0.15) is 29.6 Å². The first kappa shape index (κ1) is 25.7. The van der Waals surface area contributed by atoms with E-state index in [1.165, 1.54) is 36.5 Å². The number of likely N-dealkylation sites (tertiary alicyclic amines) is 1. The molecule has 206 valence electrons. The van der Waals surface area contributed by atoms with Crippen molar-refractivity contribution < 1.29 is 31.6 Å². The lowest BCUT2D eigenvalue weighted by atomic mass is 10.0. The number of anilines is 1. The summed E-state index contributed by atoms with van der Waals surface area (Å²) in [5.74, 6) is -1.19. The summed E-state index contributed by atoms with van der Waals surface area (Å²) in [6, 6.07) is 4.60. The summed E-state index contributed by atoms with van der Waals surface area (Å²) < 4.78 is 68.2. The zero-order valence-electron chi connectivity index (χ0n) is 20.7. The van der Waals surface area contributed by atoms with Crippen LogP contribution in [0, 0.1) is 30.4 Å². The van der Waals surface area contributed by atoms with Crippen LogP contribution in [0.15, 0.2) is 34.8 Å². The van der Waals surface area contributed by atoms with E-state index in [4.69, 9.17) is 4.84 Å². The molecule has 0 aliphatic carbocycles. The summed E-state index contributed by atoms with van der Waals surface area (Å²) in [6.07, 6.45) is -5.21. The molecule has 0 N–H and O–H groups in total. The second-order valence-corrected chi connectivity index (χ2v) is 10.9. The van der Waals surface area contributed by atoms with Gasteiger partial charge >= 0.3 is 6.18 Å². The third kappa shape index (κ3) is 4.85. The van der Waals surface area contributed by atoms with Gasteiger partial charge in [-0.1, -0.05) is 11.2 Å². The number of alkyl halides is 3. The van der Waals surface area contributed by atoms with E-state index >= 15 is 0 Å². The van der Waals surface area contributed by atoms with Crippen LogP contribution in [0.4, 0.5) is 27.1 Å². The van der Waals surface area contributed by atoms with Crippen LogP contribution in [0.25, 0.3) is 0 Å². The Labute approximate surface area is 223 Å². The lowest BCUT2D eigenvalue weighted by Crippen LogP contribution is -2.35. The molecule has 3 atom stereocenters. The summed E-state index contributed by atoms with van der Waals surface area (Å²) in [4.78, 5) is 26.7. The van der Waals surface area contributed by atoms with Gasteiger partial charge in [0.25, 0.3) is 0 Å². The van der Waals surface area contributed by atoms with E-state index in [-0.39, 0.29) is 42.0 Å². The van der Waals surface area contributed by atoms with Crippen LogP contribution < -0.4 is 4.90 Å². The van der Waals surface area contributed by atoms with E-state index in [1.807, 2.05) is 5.38 Å². The second kappa shape index (κ2) is 9.57. The van der Waals surface area contributed by atoms with Crippen LogP contribution in [0.2, 0.25) is 0 Å². The maximum absolute atomic E-state index is 14.1. The fourth-order valence-electron chi connectivity index (χ4n) is 5.43. The fourth-order valence-corrected chi connectivity index (χ4v) is 6.29. The van der Waals surface area contributed by atoms with E-state index in [0.29, 0.717) is 37.6 Å². The number of aromatic nitrogens is 3. The van der Waals surface area contributed by atoms with Crippen molar-refractivity contribution in [1.29, 1.82) is 0 Å². The highest BCUT2D eigenvalue weighted by molar-refractivity contribution is 7.14. The number of halogens is 5. The van der Waals surface area contributed by atoms with Crippen LogP contribution in [-0.4, -0.2) is 57.5 Å². The number of fused-ring (bicyclic) bond motifs is 1. The van der Waals surface area contributed by atoms with Gasteiger partial charge in [-0.3, -0.25) is 9.48 Å². The van der Waals surface area contributed by atoms with Crippen molar-refractivity contribution in [3.05, 3.63) is 63.9 Å². The summed E-state index contributed by atoms with van der Waals surface area (Å²) in [5.41, 5.74) is 0.236. The number of benzene rings is 1. The molecule has 14 heteroatoms. The van der Waals surface area contributed by atoms with Crippen molar-refractivity contribution in [3.8, 4) is 0 Å². The lowest BCUT2D eigenvalue weighted by molar-refractivity contribution is -0.142. The predicted octanol–water partition coefficient (Wildman–Crippen LogP) is 4.41. The number of amides is 1. The molecule has 3 aromatic rings. The second-order valence-electron chi connectivity index (χ2n) is 10.0. The van der Waals surface area contributed by atoms with Gasteiger partial charge in [-0.05, 0) is 25.1 Å². The molecule has 2 saturated heterocycles. The van der Waals surface area contributed by atoms with Gasteiger partial charge in [0.15, 0.2) is 16.9 Å². The smallest absolute Gasteiger partial charge is 0.387 e. The topological polar surface area (TPSA) is 75.9 Å². The van der Waals surface area contributed by atoms with Crippen molar-refractivity contribution in [3.63, 3.8) is 0 Å². The number of rotatable bonds is 5. The van der Waals surface area contributed by atoms with Crippen molar-refractivity contribution in [2.45, 2.75) is 32.2 Å². The largest absolute Gasteiger partial charge is 0.435 e. The summed E-state index contributed by atoms with van der Waals surface area (Å²) in [5, 5.41) is 10.2. The predicted molar refractivity (Wildman–Crippen MR) is 131 cm³/mol. The molecular weight excluding hydrogens is 543 g/mol. The number of thiazole rings is 1. The Balaban J connectivity index is 1.05. The van der Waals surface area contributed by atoms with Crippen molar-refractivity contribution >= 4 is 28.1 Å². The van der Waals surface area contributed by atoms with E-state index in [2.05, 4.69) is 20.1 Å². The third-order valence-electron chi connectivity index (χ3n) is 7.44. The van der Waals surface area contributed by atoms with Gasteiger partial charge in [0, 0.05) is 55.5 Å². The van der Waals surface area contributed by atoms with E-state index < -0.39 is 29.6 Å². The van der Waals surface area contributed by atoms with Crippen LogP contribution >= 0.6 is 11.3 Å². The molecular formula is C25H23F5N6O2S. The lowest BCUT2D eigenvalue weighted by Gasteiger charge is -2.21. The minimum atomic E-state index is -4.56. The summed E-state index contributed by atoms with van der Waals surface area (Å²) >= 11 is 1.44. The van der Waals surface area contributed by atoms with Gasteiger partial charge in [-0.15, -0.1) is 11.3 Å². The number of carbonyl (C=O) groups is 1. The Morgan fingerprint density at radius 2 is 1.82 bits per heavy atom. The molecule has 2 fully saturated rings. The number of hydrogen-bond donors (Lipinski definition) is 0. The van der Waals surface area contributed by atoms with Crippen LogP contribution in [0.5, 0.6) is 0 Å². The highest BCUT2D eigenvalue weighted by Gasteiger charge is 2.43. The van der Waals surface area contributed by atoms with Gasteiger partial charge in [0.2, 0.25) is 5.91 Å². The van der Waals surface area contributed by atoms with Gasteiger partial charge in [-0.2, -0.15) is 18.3 Å². The highest BCUT2D eigenvalue weighted by atomic mass is 32.1. The maximum Gasteiger partial charge on any atom is 0.435 e. The molecule has 2 aromatic heterocycles. The monoisotopic (exact) mass is 566 g/mol. The summed E-state index contributed by atoms with van der Waals surface area (Å²) in [7, 11) is 0. The van der Waals surface area contributed by atoms with Crippen molar-refractivity contribution in [1.82, 2.24) is 19.7 Å². The molecule has 3 aliphatic heterocycles. The van der Waals surface area contributed by atoms with E-state index in [9.17, 15) is 26.7 Å². The molecule has 0 radical (unpaired) electrons. The minimum Gasteiger partial charge on any atom is -0.387 e. The fraction of sp³-hybridized carbons (Fsp3) is 0.440. The molecule has 5 heterocycles. The molecule has 1 amide bonds. The Morgan fingerprint density at radius 1 is 1.13 bits per heavy atom. The van der Waals surface area contributed by atoms with E-state index in [0.717, 1.165) is 15.9 Å². The average molecular weight is 567 g/mol. The molecule has 1 aromatic carbocycles. The Hall–Kier alpha value is -3.55. The summed E-state index contributed by atoms with van der Waals surface area (Å²) in [6.45, 7) is 3.67. The third-order valence-corrected chi connectivity index (χ3v) is 8.35. The molecule has 0 spiro atoms. The standard InChI is InChI=1S/C25H23F5N6O2S/c1-13-5-21(25(28,29)30)32-36(13)11-22(37)34-7-14-9-35(10-15(14)8-34)24-31-19(12-39-24)18-6-20(38-33-18)23-16(26)3-2-4-17(23)27/h2-5,12,14-15,20H,6-11H2,1H3. The molecule has 39 heavy (non-hydrogen) atoms. The van der Waals surface area contributed by atoms with Gasteiger partial charge in [-0.25, -0.2) is 13.8 Å². The Kier molecular flexibility index (Phi) is 6.31. The average Bonchev–Trinajstić information content (AvgIpc) is 3.66. The first-order valence-corrected chi connectivity index (χ1v) is 13.2. The van der Waals surface area contributed by atoms with Crippen LogP contribution in [0.1, 0.15) is 35.2 Å². The van der Waals surface area contributed by atoms with E-state index in [1.54, 1.807) is 4.90 Å². The zero-order valence-corrected chi connectivity index (χ0v) is 21.5. The molecule has 0 saturated carbocycles. The molecule has 3 aliphatic rings. The van der Waals surface area contributed by atoms with Gasteiger partial charge < -0.3 is 14.6 Å². The number of hydrogen-bond acceptors (Lipinski definition) is 7. The van der Waals surface area contributed by atoms with Crippen LogP contribution in [0.3, 0.4) is 0 Å². The first-order chi connectivity index (χ1) is 18.6. The quantitative estimate of drug-likeness (QED) is 0.428. The normalized spacial score (nSPS) is 22.8. The number of carbonyl (C=O) groups excluding carboxylic acids is 1. The Bertz CT molecular complexity index is 1420. The zero-order chi connectivity index (χ0) is 27.5. The number of aryl methyl sites for hydroxylation is 1. The number of oxime groups is 1. The molecule has 8 nitrogen and oxygen atoms in total. The van der Waals surface area contributed by atoms with Crippen LogP contribution in [-0.2, 0) is 22.4 Å². The first-order valence-electron chi connectivity index (χ1n) is 12.3. The molecule has 6 rings (SSSR count). The van der Waals surface area contributed by atoms with Crippen molar-refractivity contribution in [2.75, 3.05) is 31.1 Å². The van der Waals surface area contributed by atoms with Gasteiger partial charge in [0.05, 0.1) is 5.56 Å². The number of nitrogens with zero attached hydrogens (tertiary/aromatic N) is 6. The molecule has 3 unspecified atom stereocenters. The maximum atomic E-state index is 14.1.